The first-order valence-electron chi connectivity index (χ1n) is 12.1. The Bertz CT molecular complexity index is 1330. The van der Waals surface area contributed by atoms with E-state index in [-0.39, 0.29) is 41.7 Å². The van der Waals surface area contributed by atoms with E-state index in [0.29, 0.717) is 6.92 Å². The summed E-state index contributed by atoms with van der Waals surface area (Å²) >= 11 is 0. The third-order valence-corrected chi connectivity index (χ3v) is 9.91. The van der Waals surface area contributed by atoms with E-state index in [1.54, 1.807) is 0 Å². The molecule has 1 fully saturated rings. The molecule has 0 spiro atoms. The Labute approximate surface area is 198 Å². The number of benzene rings is 2. The molecule has 4 atom stereocenters. The van der Waals surface area contributed by atoms with Crippen LogP contribution in [0, 0.1) is 17.7 Å². The normalized spacial score (nSPS) is 28.0. The molecule has 184 valence electrons. The summed E-state index contributed by atoms with van der Waals surface area (Å²) in [6.45, 7) is -2.42. The molecule has 1 unspecified atom stereocenters. The number of halogens is 5. The molecule has 10 heteroatoms. The molecule has 4 rings (SSSR count). The third kappa shape index (κ3) is 3.44. The van der Waals surface area contributed by atoms with Crippen LogP contribution in [-0.4, -0.2) is 27.5 Å². The molecule has 0 radical (unpaired) electrons. The predicted octanol–water partition coefficient (Wildman–Crippen LogP) is 4.96. The zero-order valence-electron chi connectivity index (χ0n) is 21.0. The molecule has 1 N–H and O–H groups in total. The molecule has 2 aliphatic carbocycles. The van der Waals surface area contributed by atoms with Gasteiger partial charge in [0.2, 0.25) is 11.6 Å². The van der Waals surface area contributed by atoms with E-state index in [9.17, 15) is 35.2 Å². The predicted molar refractivity (Wildman–Crippen MR) is 115 cm³/mol. The molecule has 0 aliphatic heterocycles. The van der Waals surface area contributed by atoms with Crippen LogP contribution in [-0.2, 0) is 31.5 Å². The van der Waals surface area contributed by atoms with E-state index in [4.69, 9.17) is 4.11 Å². The van der Waals surface area contributed by atoms with Gasteiger partial charge in [0.25, 0.3) is 0 Å². The Balaban J connectivity index is 1.90. The lowest BCUT2D eigenvalue weighted by atomic mass is 9.72. The average molecular weight is 505 g/mol. The maximum Gasteiger partial charge on any atom is 0.426 e. The molecule has 2 aromatic rings. The number of carbonyl (C=O) groups excluding carboxylic acids is 1. The van der Waals surface area contributed by atoms with Gasteiger partial charge in [-0.05, 0) is 79.5 Å². The van der Waals surface area contributed by atoms with Crippen molar-refractivity contribution >= 4 is 15.7 Å². The van der Waals surface area contributed by atoms with E-state index >= 15 is 0 Å². The lowest BCUT2D eigenvalue weighted by Gasteiger charge is -2.42. The summed E-state index contributed by atoms with van der Waals surface area (Å²) in [7, 11) is -4.38. The second-order valence-electron chi connectivity index (χ2n) is 9.00. The van der Waals surface area contributed by atoms with Gasteiger partial charge in [0, 0.05) is 17.0 Å². The molecular weight excluding hydrogens is 477 g/mol. The van der Waals surface area contributed by atoms with Crippen molar-refractivity contribution in [1.82, 2.24) is 5.32 Å². The number of fused-ring (bicyclic) bond motifs is 3. The summed E-state index contributed by atoms with van der Waals surface area (Å²) in [5.74, 6) is -3.46. The maximum atomic E-state index is 14.7. The minimum absolute atomic E-state index is 0.00241. The van der Waals surface area contributed by atoms with Crippen LogP contribution in [0.4, 0.5) is 22.0 Å². The molecular formula is C24H24F5NO3S. The van der Waals surface area contributed by atoms with Gasteiger partial charge < -0.3 is 5.32 Å². The topological polar surface area (TPSA) is 63.2 Å². The second-order valence-corrected chi connectivity index (χ2v) is 11.2. The SMILES string of the molecule is [2H]C([2H])([2H])NC(=O)[C@@H]1CC[C@@]2(S(=O)(=O)c3ccc(F)cc3)c3ccc(C(C)(F)C(F)(F)F)cc3CC[C@@H]12. The maximum absolute atomic E-state index is 14.7. The highest BCUT2D eigenvalue weighted by Crippen LogP contribution is 2.59. The summed E-state index contributed by atoms with van der Waals surface area (Å²) in [5, 5.41) is 1.92. The van der Waals surface area contributed by atoms with Gasteiger partial charge in [-0.2, -0.15) is 13.2 Å². The number of alkyl halides is 4. The highest BCUT2D eigenvalue weighted by molar-refractivity contribution is 7.92. The zero-order valence-corrected chi connectivity index (χ0v) is 18.9. The van der Waals surface area contributed by atoms with Gasteiger partial charge in [-0.1, -0.05) is 18.2 Å². The van der Waals surface area contributed by atoms with E-state index in [1.807, 2.05) is 5.32 Å². The molecule has 2 aliphatic rings. The van der Waals surface area contributed by atoms with Crippen molar-refractivity contribution < 1.29 is 39.3 Å². The highest BCUT2D eigenvalue weighted by atomic mass is 32.2. The Hall–Kier alpha value is -2.49. The van der Waals surface area contributed by atoms with Crippen molar-refractivity contribution in [3.63, 3.8) is 0 Å². The van der Waals surface area contributed by atoms with Crippen LogP contribution >= 0.6 is 0 Å². The van der Waals surface area contributed by atoms with Crippen molar-refractivity contribution in [1.29, 1.82) is 0 Å². The zero-order chi connectivity index (χ0) is 27.6. The molecule has 4 nitrogen and oxygen atoms in total. The molecule has 0 saturated heterocycles. The van der Waals surface area contributed by atoms with Crippen LogP contribution in [0.1, 0.15) is 47.0 Å². The van der Waals surface area contributed by atoms with Gasteiger partial charge in [0.05, 0.1) is 4.90 Å². The van der Waals surface area contributed by atoms with Gasteiger partial charge in [0.1, 0.15) is 10.6 Å². The van der Waals surface area contributed by atoms with Crippen LogP contribution in [0.15, 0.2) is 47.4 Å². The van der Waals surface area contributed by atoms with Crippen molar-refractivity contribution in [2.24, 2.45) is 11.8 Å². The monoisotopic (exact) mass is 504 g/mol. The number of carbonyl (C=O) groups is 1. The van der Waals surface area contributed by atoms with Crippen LogP contribution < -0.4 is 5.32 Å². The lowest BCUT2D eigenvalue weighted by Crippen LogP contribution is -2.46. The van der Waals surface area contributed by atoms with Crippen LogP contribution in [0.5, 0.6) is 0 Å². The summed E-state index contributed by atoms with van der Waals surface area (Å²) < 4.78 is 117. The number of amides is 1. The Kier molecular flexibility index (Phi) is 4.93. The Morgan fingerprint density at radius 3 is 2.41 bits per heavy atom. The van der Waals surface area contributed by atoms with Gasteiger partial charge in [0.15, 0.2) is 9.84 Å². The van der Waals surface area contributed by atoms with E-state index in [2.05, 4.69) is 0 Å². The molecule has 0 bridgehead atoms. The van der Waals surface area contributed by atoms with Crippen molar-refractivity contribution in [2.75, 3.05) is 6.98 Å². The standard InChI is InChI=1S/C24H24F5NO3S/c1-22(26,24(27,28)29)15-4-10-19-14(13-15)3-9-20-18(21(31)30-2)11-12-23(19,20)34(32,33)17-7-5-16(25)6-8-17/h4-8,10,13,18,20H,3,9,11-12H2,1-2H3,(H,30,31)/t18-,20+,22?,23-/m1/s1/i2D3. The number of aryl methyl sites for hydroxylation is 1. The summed E-state index contributed by atoms with van der Waals surface area (Å²) in [5.41, 5.74) is -4.02. The smallest absolute Gasteiger partial charge is 0.359 e. The fraction of sp³-hybridized carbons (Fsp3) is 0.458. The van der Waals surface area contributed by atoms with Crippen molar-refractivity contribution in [3.05, 3.63) is 65.0 Å². The third-order valence-electron chi connectivity index (χ3n) is 7.34. The number of sulfone groups is 1. The van der Waals surface area contributed by atoms with Crippen LogP contribution in [0.3, 0.4) is 0 Å². The largest absolute Gasteiger partial charge is 0.426 e. The summed E-state index contributed by atoms with van der Waals surface area (Å²) in [6, 6.07) is 7.11. The molecule has 1 saturated carbocycles. The van der Waals surface area contributed by atoms with Crippen LogP contribution in [0.2, 0.25) is 0 Å². The summed E-state index contributed by atoms with van der Waals surface area (Å²) in [6.07, 6.45) is -5.25. The van der Waals surface area contributed by atoms with Crippen LogP contribution in [0.25, 0.3) is 0 Å². The number of hydrogen-bond acceptors (Lipinski definition) is 3. The molecule has 1 amide bonds. The van der Waals surface area contributed by atoms with E-state index in [0.717, 1.165) is 42.5 Å². The number of hydrogen-bond donors (Lipinski definition) is 1. The second kappa shape index (κ2) is 8.03. The Morgan fingerprint density at radius 1 is 1.12 bits per heavy atom. The minimum Gasteiger partial charge on any atom is -0.359 e. The van der Waals surface area contributed by atoms with Gasteiger partial charge in [-0.15, -0.1) is 0 Å². The molecule has 0 aromatic heterocycles. The highest BCUT2D eigenvalue weighted by Gasteiger charge is 2.62. The number of nitrogens with one attached hydrogen (secondary N) is 1. The van der Waals surface area contributed by atoms with E-state index in [1.165, 1.54) is 0 Å². The fourth-order valence-electron chi connectivity index (χ4n) is 5.54. The lowest BCUT2D eigenvalue weighted by molar-refractivity contribution is -0.228. The first-order valence-corrected chi connectivity index (χ1v) is 12.1. The number of rotatable bonds is 4. The summed E-state index contributed by atoms with van der Waals surface area (Å²) in [4.78, 5) is 12.6. The molecule has 2 aromatic carbocycles. The van der Waals surface area contributed by atoms with Gasteiger partial charge >= 0.3 is 6.18 Å². The van der Waals surface area contributed by atoms with E-state index < -0.39 is 62.5 Å². The fourth-order valence-corrected chi connectivity index (χ4v) is 8.01. The minimum atomic E-state index is -5.21. The average Bonchev–Trinajstić information content (AvgIpc) is 3.19. The molecule has 34 heavy (non-hydrogen) atoms. The van der Waals surface area contributed by atoms with Gasteiger partial charge in [-0.25, -0.2) is 17.2 Å². The van der Waals surface area contributed by atoms with Crippen molar-refractivity contribution in [3.8, 4) is 0 Å². The quantitative estimate of drug-likeness (QED) is 0.473. The Morgan fingerprint density at radius 2 is 1.79 bits per heavy atom. The first-order chi connectivity index (χ1) is 16.9. The van der Waals surface area contributed by atoms with Crippen molar-refractivity contribution in [2.45, 2.75) is 54.1 Å². The molecule has 0 heterocycles. The van der Waals surface area contributed by atoms with Gasteiger partial charge in [-0.3, -0.25) is 4.79 Å². The first kappa shape index (κ1) is 20.8.